The van der Waals surface area contributed by atoms with Crippen molar-refractivity contribution >= 4 is 17.6 Å². The highest BCUT2D eigenvalue weighted by Gasteiger charge is 2.12. The molecule has 0 bridgehead atoms. The van der Waals surface area contributed by atoms with Gasteiger partial charge in [0.05, 0.1) is 17.9 Å². The summed E-state index contributed by atoms with van der Waals surface area (Å²) >= 11 is 0. The zero-order valence-corrected chi connectivity index (χ0v) is 15.6. The molecule has 1 atom stereocenters. The fourth-order valence-corrected chi connectivity index (χ4v) is 2.76. The highest BCUT2D eigenvalue weighted by atomic mass is 19.1. The minimum Gasteiger partial charge on any atom is -0.348 e. The van der Waals surface area contributed by atoms with E-state index >= 15 is 0 Å². The Labute approximate surface area is 167 Å². The molecule has 7 nitrogen and oxygen atoms in total. The van der Waals surface area contributed by atoms with Gasteiger partial charge in [-0.05, 0) is 36.8 Å². The molecule has 0 unspecified atom stereocenters. The number of anilines is 3. The Hall–Kier alpha value is -3.94. The molecular formula is C21H18FN7. The summed E-state index contributed by atoms with van der Waals surface area (Å²) in [6.45, 7) is 1.96. The minimum atomic E-state index is -0.272. The molecule has 0 spiro atoms. The van der Waals surface area contributed by atoms with Crippen LogP contribution in [0.25, 0.3) is 11.3 Å². The average Bonchev–Trinajstić information content (AvgIpc) is 2.75. The molecule has 0 radical (unpaired) electrons. The van der Waals surface area contributed by atoms with E-state index in [0.717, 1.165) is 11.1 Å². The van der Waals surface area contributed by atoms with Crippen molar-refractivity contribution in [3.05, 3.63) is 84.8 Å². The molecule has 1 aromatic carbocycles. The smallest absolute Gasteiger partial charge is 0.225 e. The lowest BCUT2D eigenvalue weighted by molar-refractivity contribution is 0.626. The predicted octanol–water partition coefficient (Wildman–Crippen LogP) is 4.38. The van der Waals surface area contributed by atoms with Gasteiger partial charge >= 0.3 is 0 Å². The maximum absolute atomic E-state index is 13.2. The maximum atomic E-state index is 13.2. The van der Waals surface area contributed by atoms with Gasteiger partial charge in [0.25, 0.3) is 0 Å². The van der Waals surface area contributed by atoms with Crippen molar-refractivity contribution in [1.82, 2.24) is 24.9 Å². The number of pyridine rings is 1. The molecule has 0 amide bonds. The van der Waals surface area contributed by atoms with Gasteiger partial charge in [0.1, 0.15) is 17.5 Å². The van der Waals surface area contributed by atoms with Gasteiger partial charge in [0.15, 0.2) is 0 Å². The summed E-state index contributed by atoms with van der Waals surface area (Å²) in [6.07, 6.45) is 8.26. The third kappa shape index (κ3) is 4.67. The quantitative estimate of drug-likeness (QED) is 0.507. The molecule has 0 saturated heterocycles. The zero-order valence-electron chi connectivity index (χ0n) is 15.6. The molecule has 29 heavy (non-hydrogen) atoms. The fraction of sp³-hybridized carbons (Fsp3) is 0.0952. The number of halogens is 1. The summed E-state index contributed by atoms with van der Waals surface area (Å²) in [5.74, 6) is 1.29. The molecule has 8 heteroatoms. The monoisotopic (exact) mass is 387 g/mol. The topological polar surface area (TPSA) is 88.5 Å². The van der Waals surface area contributed by atoms with Crippen LogP contribution in [0.1, 0.15) is 18.5 Å². The van der Waals surface area contributed by atoms with Crippen LogP contribution in [-0.4, -0.2) is 24.9 Å². The molecule has 0 aliphatic carbocycles. The van der Waals surface area contributed by atoms with Gasteiger partial charge in [-0.3, -0.25) is 9.97 Å². The first kappa shape index (κ1) is 18.4. The Morgan fingerprint density at radius 2 is 1.72 bits per heavy atom. The first-order chi connectivity index (χ1) is 14.2. The van der Waals surface area contributed by atoms with E-state index in [9.17, 15) is 4.39 Å². The van der Waals surface area contributed by atoms with Crippen LogP contribution in [-0.2, 0) is 0 Å². The van der Waals surface area contributed by atoms with Crippen molar-refractivity contribution in [2.75, 3.05) is 10.6 Å². The van der Waals surface area contributed by atoms with Crippen LogP contribution < -0.4 is 10.6 Å². The van der Waals surface area contributed by atoms with E-state index in [1.165, 1.54) is 12.1 Å². The molecule has 4 aromatic rings. The largest absolute Gasteiger partial charge is 0.348 e. The molecule has 0 aliphatic rings. The normalized spacial score (nSPS) is 11.7. The molecule has 2 N–H and O–H groups in total. The highest BCUT2D eigenvalue weighted by Crippen LogP contribution is 2.24. The predicted molar refractivity (Wildman–Crippen MR) is 109 cm³/mol. The lowest BCUT2D eigenvalue weighted by Gasteiger charge is -2.16. The van der Waals surface area contributed by atoms with E-state index < -0.39 is 0 Å². The number of hydrogen-bond donors (Lipinski definition) is 2. The van der Waals surface area contributed by atoms with Gasteiger partial charge in [-0.1, -0.05) is 12.1 Å². The van der Waals surface area contributed by atoms with Gasteiger partial charge in [-0.15, -0.1) is 0 Å². The van der Waals surface area contributed by atoms with Crippen molar-refractivity contribution < 1.29 is 4.39 Å². The number of aromatic nitrogens is 5. The lowest BCUT2D eigenvalue weighted by Crippen LogP contribution is -2.11. The average molecular weight is 387 g/mol. The Kier molecular flexibility index (Phi) is 5.33. The second kappa shape index (κ2) is 8.39. The van der Waals surface area contributed by atoms with Crippen LogP contribution in [0.2, 0.25) is 0 Å². The van der Waals surface area contributed by atoms with Gasteiger partial charge in [0, 0.05) is 36.4 Å². The van der Waals surface area contributed by atoms with Crippen molar-refractivity contribution in [3.8, 4) is 11.3 Å². The molecule has 144 valence electrons. The molecule has 3 heterocycles. The van der Waals surface area contributed by atoms with E-state index in [0.29, 0.717) is 23.3 Å². The Morgan fingerprint density at radius 3 is 2.45 bits per heavy atom. The van der Waals surface area contributed by atoms with Crippen molar-refractivity contribution in [2.45, 2.75) is 13.0 Å². The molecule has 4 rings (SSSR count). The number of nitrogens with zero attached hydrogens (tertiary/aromatic N) is 5. The Balaban J connectivity index is 1.66. The standard InChI is InChI=1S/C21H18FN7/c1-14(15-4-6-17(22)7-5-15)26-21-27-18(16-3-2-8-23-12-16)11-19(29-21)28-20-13-24-9-10-25-20/h2-14H,1H3,(H2,25,26,27,28,29)/t14-/m0/s1. The van der Waals surface area contributed by atoms with E-state index in [1.807, 2.05) is 25.1 Å². The van der Waals surface area contributed by atoms with Crippen molar-refractivity contribution in [1.29, 1.82) is 0 Å². The third-order valence-electron chi connectivity index (χ3n) is 4.22. The number of hydrogen-bond acceptors (Lipinski definition) is 7. The second-order valence-electron chi connectivity index (χ2n) is 6.34. The number of nitrogens with one attached hydrogen (secondary N) is 2. The van der Waals surface area contributed by atoms with Crippen molar-refractivity contribution in [2.24, 2.45) is 0 Å². The third-order valence-corrected chi connectivity index (χ3v) is 4.22. The van der Waals surface area contributed by atoms with E-state index in [1.54, 1.807) is 43.1 Å². The van der Waals surface area contributed by atoms with Crippen LogP contribution in [0.3, 0.4) is 0 Å². The van der Waals surface area contributed by atoms with Gasteiger partial charge in [0.2, 0.25) is 5.95 Å². The summed E-state index contributed by atoms with van der Waals surface area (Å²) in [7, 11) is 0. The summed E-state index contributed by atoms with van der Waals surface area (Å²) < 4.78 is 13.2. The van der Waals surface area contributed by atoms with E-state index in [4.69, 9.17) is 0 Å². The Morgan fingerprint density at radius 1 is 0.897 bits per heavy atom. The minimum absolute atomic E-state index is 0.121. The molecule has 0 fully saturated rings. The molecule has 0 saturated carbocycles. The van der Waals surface area contributed by atoms with Gasteiger partial charge in [-0.25, -0.2) is 14.4 Å². The van der Waals surface area contributed by atoms with Gasteiger partial charge < -0.3 is 10.6 Å². The maximum Gasteiger partial charge on any atom is 0.225 e. The van der Waals surface area contributed by atoms with Crippen LogP contribution in [0.4, 0.5) is 22.0 Å². The summed E-state index contributed by atoms with van der Waals surface area (Å²) in [5.41, 5.74) is 2.48. The number of rotatable bonds is 6. The van der Waals surface area contributed by atoms with E-state index in [-0.39, 0.29) is 11.9 Å². The summed E-state index contributed by atoms with van der Waals surface area (Å²) in [5, 5.41) is 6.41. The number of benzene rings is 1. The fourth-order valence-electron chi connectivity index (χ4n) is 2.76. The van der Waals surface area contributed by atoms with Crippen LogP contribution in [0.15, 0.2) is 73.4 Å². The first-order valence-corrected chi connectivity index (χ1v) is 9.02. The lowest BCUT2D eigenvalue weighted by atomic mass is 10.1. The SMILES string of the molecule is C[C@H](Nc1nc(Nc2cnccn2)cc(-c2cccnc2)n1)c1ccc(F)cc1. The molecular weight excluding hydrogens is 369 g/mol. The summed E-state index contributed by atoms with van der Waals surface area (Å²) in [4.78, 5) is 21.6. The van der Waals surface area contributed by atoms with Crippen LogP contribution in [0, 0.1) is 5.82 Å². The molecule has 3 aromatic heterocycles. The summed E-state index contributed by atoms with van der Waals surface area (Å²) in [6, 6.07) is 11.8. The highest BCUT2D eigenvalue weighted by molar-refractivity contribution is 5.65. The zero-order chi connectivity index (χ0) is 20.1. The Bertz CT molecular complexity index is 1070. The first-order valence-electron chi connectivity index (χ1n) is 9.02. The molecule has 0 aliphatic heterocycles. The van der Waals surface area contributed by atoms with Gasteiger partial charge in [-0.2, -0.15) is 4.98 Å². The second-order valence-corrected chi connectivity index (χ2v) is 6.34. The van der Waals surface area contributed by atoms with Crippen LogP contribution >= 0.6 is 0 Å². The van der Waals surface area contributed by atoms with Crippen LogP contribution in [0.5, 0.6) is 0 Å². The van der Waals surface area contributed by atoms with Crippen molar-refractivity contribution in [3.63, 3.8) is 0 Å². The van der Waals surface area contributed by atoms with E-state index in [2.05, 4.69) is 35.6 Å².